The zero-order valence-electron chi connectivity index (χ0n) is 47.0. The van der Waals surface area contributed by atoms with Crippen molar-refractivity contribution in [3.05, 3.63) is 12.2 Å². The molecule has 0 aliphatic carbocycles. The second kappa shape index (κ2) is 52.4. The molecule has 7 atom stereocenters. The lowest BCUT2D eigenvalue weighted by atomic mass is 9.99. The number of unbranched alkanes of at least 4 members (excludes halogenated alkanes) is 45. The molecule has 1 aliphatic heterocycles. The van der Waals surface area contributed by atoms with Gasteiger partial charge < -0.3 is 40.3 Å². The molecule has 7 unspecified atom stereocenters. The molecule has 1 heterocycles. The largest absolute Gasteiger partial charge is 0.394 e. The van der Waals surface area contributed by atoms with Gasteiger partial charge in [-0.05, 0) is 19.3 Å². The van der Waals surface area contributed by atoms with Crippen molar-refractivity contribution in [3.63, 3.8) is 0 Å². The summed E-state index contributed by atoms with van der Waals surface area (Å²) in [5.41, 5.74) is 0. The summed E-state index contributed by atoms with van der Waals surface area (Å²) in [7, 11) is 0. The Bertz CT molecular complexity index is 1120. The van der Waals surface area contributed by atoms with Gasteiger partial charge in [-0.15, -0.1) is 0 Å². The molecule has 0 radical (unpaired) electrons. The number of hydrogen-bond donors (Lipinski definition) is 6. The molecule has 71 heavy (non-hydrogen) atoms. The highest BCUT2D eigenvalue weighted by molar-refractivity contribution is 5.76. The second-order valence-corrected chi connectivity index (χ2v) is 22.2. The Labute approximate surface area is 439 Å². The van der Waals surface area contributed by atoms with E-state index in [-0.39, 0.29) is 12.5 Å². The third kappa shape index (κ3) is 41.8. The first-order chi connectivity index (χ1) is 34.8. The van der Waals surface area contributed by atoms with Gasteiger partial charge in [-0.3, -0.25) is 4.79 Å². The number of allylic oxidation sites excluding steroid dienone is 1. The van der Waals surface area contributed by atoms with Crippen LogP contribution < -0.4 is 5.32 Å². The van der Waals surface area contributed by atoms with E-state index < -0.39 is 49.5 Å². The molecule has 0 aromatic rings. The standard InChI is InChI=1S/C62H121NO8/c1-3-5-7-9-11-13-15-17-18-19-20-21-22-23-24-25-26-27-28-29-30-31-32-33-34-35-36-37-38-39-40-42-44-46-48-50-52-58(66)63-55(54-70-62-61(69)60(68)59(67)57(53-64)71-62)56(65)51-49-47-45-43-41-16-14-12-10-8-6-4-2/h49,51,55-57,59-62,64-65,67-69H,3-48,50,52-54H2,1-2H3,(H,63,66)/b51-49+. The van der Waals surface area contributed by atoms with Gasteiger partial charge in [-0.2, -0.15) is 0 Å². The quantitative estimate of drug-likeness (QED) is 0.0261. The Morgan fingerprint density at radius 1 is 0.465 bits per heavy atom. The fraction of sp³-hybridized carbons (Fsp3) is 0.952. The molecule has 1 rings (SSSR count). The zero-order chi connectivity index (χ0) is 51.5. The van der Waals surface area contributed by atoms with Crippen molar-refractivity contribution in [2.45, 2.75) is 365 Å². The summed E-state index contributed by atoms with van der Waals surface area (Å²) in [6.45, 7) is 3.80. The van der Waals surface area contributed by atoms with E-state index in [1.165, 1.54) is 263 Å². The fourth-order valence-corrected chi connectivity index (χ4v) is 10.4. The van der Waals surface area contributed by atoms with Crippen LogP contribution in [0.25, 0.3) is 0 Å². The van der Waals surface area contributed by atoms with Crippen molar-refractivity contribution >= 4 is 5.91 Å². The SMILES string of the molecule is CCCCCCCCCCCC/C=C/C(O)C(COC1OC(CO)C(O)C(O)C1O)NC(=O)CCCCCCCCCCCCCCCCCCCCCCCCCCCCCCCCCCCCCC. The lowest BCUT2D eigenvalue weighted by Crippen LogP contribution is -2.60. The highest BCUT2D eigenvalue weighted by atomic mass is 16.7. The van der Waals surface area contributed by atoms with Gasteiger partial charge in [-0.25, -0.2) is 0 Å². The number of amides is 1. The third-order valence-electron chi connectivity index (χ3n) is 15.4. The Hall–Kier alpha value is -1.07. The molecular weight excluding hydrogens is 887 g/mol. The molecule has 1 amide bonds. The van der Waals surface area contributed by atoms with Gasteiger partial charge in [0.25, 0.3) is 0 Å². The second-order valence-electron chi connectivity index (χ2n) is 22.2. The van der Waals surface area contributed by atoms with Crippen molar-refractivity contribution in [2.75, 3.05) is 13.2 Å². The smallest absolute Gasteiger partial charge is 0.220 e. The zero-order valence-corrected chi connectivity index (χ0v) is 47.0. The number of aliphatic hydroxyl groups is 5. The van der Waals surface area contributed by atoms with E-state index in [2.05, 4.69) is 19.2 Å². The molecule has 1 aliphatic rings. The summed E-state index contributed by atoms with van der Waals surface area (Å²) in [5, 5.41) is 54.4. The van der Waals surface area contributed by atoms with E-state index in [0.717, 1.165) is 38.5 Å². The average Bonchev–Trinajstić information content (AvgIpc) is 3.37. The van der Waals surface area contributed by atoms with Gasteiger partial charge in [0.2, 0.25) is 5.91 Å². The van der Waals surface area contributed by atoms with E-state index in [4.69, 9.17) is 9.47 Å². The van der Waals surface area contributed by atoms with Crippen molar-refractivity contribution in [1.29, 1.82) is 0 Å². The minimum Gasteiger partial charge on any atom is -0.394 e. The van der Waals surface area contributed by atoms with E-state index in [1.54, 1.807) is 6.08 Å². The molecule has 0 aromatic heterocycles. The summed E-state index contributed by atoms with van der Waals surface area (Å²) in [6.07, 6.45) is 59.0. The van der Waals surface area contributed by atoms with Crippen molar-refractivity contribution < 1.29 is 39.8 Å². The Morgan fingerprint density at radius 3 is 1.10 bits per heavy atom. The van der Waals surface area contributed by atoms with E-state index >= 15 is 0 Å². The fourth-order valence-electron chi connectivity index (χ4n) is 10.4. The number of carbonyl (C=O) groups is 1. The molecule has 1 fully saturated rings. The number of rotatable bonds is 55. The number of ether oxygens (including phenoxy) is 2. The molecule has 9 nitrogen and oxygen atoms in total. The summed E-state index contributed by atoms with van der Waals surface area (Å²) in [4.78, 5) is 13.0. The summed E-state index contributed by atoms with van der Waals surface area (Å²) in [6, 6.07) is -0.799. The predicted molar refractivity (Wildman–Crippen MR) is 300 cm³/mol. The predicted octanol–water partition coefficient (Wildman–Crippen LogP) is 16.0. The molecule has 0 bridgehead atoms. The van der Waals surface area contributed by atoms with Crippen LogP contribution in [0.1, 0.15) is 322 Å². The van der Waals surface area contributed by atoms with Crippen LogP contribution in [0.5, 0.6) is 0 Å². The van der Waals surface area contributed by atoms with Gasteiger partial charge in [0, 0.05) is 6.42 Å². The number of carbonyl (C=O) groups excluding carboxylic acids is 1. The lowest BCUT2D eigenvalue weighted by Gasteiger charge is -2.40. The maximum Gasteiger partial charge on any atom is 0.220 e. The molecular formula is C62H121NO8. The molecule has 6 N–H and O–H groups in total. The van der Waals surface area contributed by atoms with Crippen LogP contribution in [-0.4, -0.2) is 87.5 Å². The van der Waals surface area contributed by atoms with Crippen LogP contribution in [0, 0.1) is 0 Å². The van der Waals surface area contributed by atoms with Crippen molar-refractivity contribution in [2.24, 2.45) is 0 Å². The molecule has 422 valence electrons. The number of aliphatic hydroxyl groups excluding tert-OH is 5. The van der Waals surface area contributed by atoms with Gasteiger partial charge in [0.05, 0.1) is 25.4 Å². The van der Waals surface area contributed by atoms with Gasteiger partial charge >= 0.3 is 0 Å². The third-order valence-corrected chi connectivity index (χ3v) is 15.4. The molecule has 0 aromatic carbocycles. The van der Waals surface area contributed by atoms with Crippen LogP contribution in [0.4, 0.5) is 0 Å². The Kier molecular flexibility index (Phi) is 50.1. The topological polar surface area (TPSA) is 149 Å². The van der Waals surface area contributed by atoms with Crippen LogP contribution in [0.2, 0.25) is 0 Å². The highest BCUT2D eigenvalue weighted by Gasteiger charge is 2.44. The first kappa shape index (κ1) is 67.9. The van der Waals surface area contributed by atoms with Gasteiger partial charge in [-0.1, -0.05) is 309 Å². The molecule has 1 saturated heterocycles. The lowest BCUT2D eigenvalue weighted by molar-refractivity contribution is -0.302. The summed E-state index contributed by atoms with van der Waals surface area (Å²) in [5.74, 6) is -0.171. The Balaban J connectivity index is 2.03. The molecule has 9 heteroatoms. The van der Waals surface area contributed by atoms with E-state index in [0.29, 0.717) is 6.42 Å². The maximum atomic E-state index is 13.0. The number of nitrogens with one attached hydrogen (secondary N) is 1. The molecule has 0 saturated carbocycles. The first-order valence-electron chi connectivity index (χ1n) is 31.4. The first-order valence-corrected chi connectivity index (χ1v) is 31.4. The number of hydrogen-bond acceptors (Lipinski definition) is 8. The van der Waals surface area contributed by atoms with Gasteiger partial charge in [0.1, 0.15) is 24.4 Å². The summed E-state index contributed by atoms with van der Waals surface area (Å²) < 4.78 is 11.3. The highest BCUT2D eigenvalue weighted by Crippen LogP contribution is 2.23. The van der Waals surface area contributed by atoms with E-state index in [9.17, 15) is 30.3 Å². The van der Waals surface area contributed by atoms with E-state index in [1.807, 2.05) is 6.08 Å². The normalized spacial score (nSPS) is 19.2. The molecule has 0 spiro atoms. The minimum absolute atomic E-state index is 0.171. The Morgan fingerprint density at radius 2 is 0.775 bits per heavy atom. The van der Waals surface area contributed by atoms with Crippen LogP contribution in [0.3, 0.4) is 0 Å². The minimum atomic E-state index is -1.56. The van der Waals surface area contributed by atoms with Crippen LogP contribution >= 0.6 is 0 Å². The maximum absolute atomic E-state index is 13.0. The average molecular weight is 1010 g/mol. The van der Waals surface area contributed by atoms with Crippen molar-refractivity contribution in [3.8, 4) is 0 Å². The van der Waals surface area contributed by atoms with Crippen molar-refractivity contribution in [1.82, 2.24) is 5.32 Å². The van der Waals surface area contributed by atoms with Crippen LogP contribution in [-0.2, 0) is 14.3 Å². The van der Waals surface area contributed by atoms with Crippen LogP contribution in [0.15, 0.2) is 12.2 Å². The van der Waals surface area contributed by atoms with Gasteiger partial charge in [0.15, 0.2) is 6.29 Å². The summed E-state index contributed by atoms with van der Waals surface area (Å²) >= 11 is 0. The monoisotopic (exact) mass is 1010 g/mol.